The minimum atomic E-state index is -0.178. The van der Waals surface area contributed by atoms with Gasteiger partial charge in [0.15, 0.2) is 0 Å². The predicted octanol–water partition coefficient (Wildman–Crippen LogP) is 3.64. The van der Waals surface area contributed by atoms with Gasteiger partial charge in [-0.25, -0.2) is 0 Å². The van der Waals surface area contributed by atoms with Crippen molar-refractivity contribution < 1.29 is 9.53 Å². The van der Waals surface area contributed by atoms with Crippen LogP contribution in [0.2, 0.25) is 0 Å². The number of fused-ring (bicyclic) bond motifs is 2. The molecule has 0 amide bonds. The van der Waals surface area contributed by atoms with Crippen molar-refractivity contribution in [3.05, 3.63) is 34.4 Å². The first-order chi connectivity index (χ1) is 10.5. The maximum Gasteiger partial charge on any atom is 0.311 e. The molecule has 3 heteroatoms. The zero-order chi connectivity index (χ0) is 15.7. The number of aliphatic imine (C=N–C) groups is 1. The average molecular weight is 299 g/mol. The Bertz CT molecular complexity index is 629. The van der Waals surface area contributed by atoms with Gasteiger partial charge >= 0.3 is 5.97 Å². The smallest absolute Gasteiger partial charge is 0.311 e. The highest BCUT2D eigenvalue weighted by molar-refractivity contribution is 6.11. The third-order valence-corrected chi connectivity index (χ3v) is 4.56. The normalized spacial score (nSPS) is 19.0. The Morgan fingerprint density at radius 3 is 2.55 bits per heavy atom. The van der Waals surface area contributed by atoms with Gasteiger partial charge in [-0.3, -0.25) is 9.79 Å². The molecule has 0 N–H and O–H groups in total. The molecule has 0 bridgehead atoms. The molecule has 3 nitrogen and oxygen atoms in total. The second kappa shape index (κ2) is 5.86. The van der Waals surface area contributed by atoms with Gasteiger partial charge in [0.05, 0.1) is 24.3 Å². The van der Waals surface area contributed by atoms with Gasteiger partial charge in [-0.1, -0.05) is 6.07 Å². The summed E-state index contributed by atoms with van der Waals surface area (Å²) in [6.07, 6.45) is 6.12. The van der Waals surface area contributed by atoms with Crippen LogP contribution in [-0.2, 0) is 28.8 Å². The minimum absolute atomic E-state index is 0.141. The Balaban J connectivity index is 1.99. The van der Waals surface area contributed by atoms with Crippen LogP contribution >= 0.6 is 0 Å². The summed E-state index contributed by atoms with van der Waals surface area (Å²) in [6, 6.07) is 4.66. The molecule has 3 rings (SSSR count). The van der Waals surface area contributed by atoms with E-state index in [9.17, 15) is 4.79 Å². The summed E-state index contributed by atoms with van der Waals surface area (Å²) in [4.78, 5) is 16.8. The average Bonchev–Trinajstić information content (AvgIpc) is 2.44. The van der Waals surface area contributed by atoms with Gasteiger partial charge in [0.1, 0.15) is 0 Å². The van der Waals surface area contributed by atoms with Gasteiger partial charge in [0, 0.05) is 0 Å². The fraction of sp³-hybridized carbons (Fsp3) is 0.579. The number of ether oxygens (including phenoxy) is 1. The van der Waals surface area contributed by atoms with Gasteiger partial charge in [-0.05, 0) is 81.2 Å². The van der Waals surface area contributed by atoms with Crippen molar-refractivity contribution in [3.8, 4) is 0 Å². The third-order valence-electron chi connectivity index (χ3n) is 4.56. The van der Waals surface area contributed by atoms with E-state index in [1.165, 1.54) is 41.5 Å². The highest BCUT2D eigenvalue weighted by atomic mass is 16.5. The van der Waals surface area contributed by atoms with Crippen LogP contribution in [0.4, 0.5) is 0 Å². The predicted molar refractivity (Wildman–Crippen MR) is 88.7 cm³/mol. The molecule has 1 aliphatic carbocycles. The maximum absolute atomic E-state index is 11.9. The van der Waals surface area contributed by atoms with E-state index < -0.39 is 0 Å². The zero-order valence-corrected chi connectivity index (χ0v) is 13.9. The van der Waals surface area contributed by atoms with Crippen LogP contribution in [0.3, 0.4) is 0 Å². The largest absolute Gasteiger partial charge is 0.466 e. The summed E-state index contributed by atoms with van der Waals surface area (Å²) in [5, 5.41) is 0. The Kier molecular flexibility index (Phi) is 4.07. The van der Waals surface area contributed by atoms with E-state index in [1.54, 1.807) is 0 Å². The molecule has 0 saturated carbocycles. The van der Waals surface area contributed by atoms with Crippen molar-refractivity contribution in [3.63, 3.8) is 0 Å². The van der Waals surface area contributed by atoms with Crippen LogP contribution in [0, 0.1) is 0 Å². The lowest BCUT2D eigenvalue weighted by Gasteiger charge is -2.31. The number of aryl methyl sites for hydroxylation is 2. The summed E-state index contributed by atoms with van der Waals surface area (Å²) < 4.78 is 5.12. The fourth-order valence-electron chi connectivity index (χ4n) is 3.67. The van der Waals surface area contributed by atoms with Gasteiger partial charge in [0.25, 0.3) is 0 Å². The first-order valence-corrected chi connectivity index (χ1v) is 8.38. The molecule has 118 valence electrons. The number of benzene rings is 1. The number of esters is 1. The number of hydrogen-bond acceptors (Lipinski definition) is 3. The summed E-state index contributed by atoms with van der Waals surface area (Å²) in [7, 11) is 0. The number of nitrogens with zero attached hydrogens (tertiary/aromatic N) is 1. The second-order valence-corrected chi connectivity index (χ2v) is 7.01. The molecular weight excluding hydrogens is 274 g/mol. The van der Waals surface area contributed by atoms with Crippen LogP contribution in [-0.4, -0.2) is 23.8 Å². The van der Waals surface area contributed by atoms with Gasteiger partial charge < -0.3 is 4.74 Å². The standard InChI is InChI=1S/C19H25NO2/c1-4-22-18(21)11-17-16-10-14-8-6-5-7-13(14)9-15(16)12-19(2,3)20-17/h9-10H,4-8,11-12H2,1-3H3. The molecule has 1 aromatic carbocycles. The van der Waals surface area contributed by atoms with Crippen LogP contribution in [0.15, 0.2) is 17.1 Å². The molecule has 1 aliphatic heterocycles. The molecule has 1 heterocycles. The first kappa shape index (κ1) is 15.3. The molecule has 0 aromatic heterocycles. The molecule has 0 spiro atoms. The summed E-state index contributed by atoms with van der Waals surface area (Å²) in [5.74, 6) is -0.178. The van der Waals surface area contributed by atoms with Crippen molar-refractivity contribution in [1.82, 2.24) is 0 Å². The van der Waals surface area contributed by atoms with Crippen molar-refractivity contribution in [2.24, 2.45) is 4.99 Å². The van der Waals surface area contributed by atoms with E-state index in [1.807, 2.05) is 6.92 Å². The van der Waals surface area contributed by atoms with Crippen molar-refractivity contribution in [2.75, 3.05) is 6.61 Å². The van der Waals surface area contributed by atoms with E-state index in [4.69, 9.17) is 9.73 Å². The molecule has 0 unspecified atom stereocenters. The molecule has 0 atom stereocenters. The molecule has 2 aliphatic rings. The first-order valence-electron chi connectivity index (χ1n) is 8.38. The maximum atomic E-state index is 11.9. The molecule has 0 saturated heterocycles. The number of carbonyl (C=O) groups is 1. The van der Waals surface area contributed by atoms with Crippen molar-refractivity contribution >= 4 is 11.7 Å². The number of rotatable bonds is 3. The molecule has 1 aromatic rings. The van der Waals surface area contributed by atoms with E-state index in [2.05, 4.69) is 26.0 Å². The summed E-state index contributed by atoms with van der Waals surface area (Å²) >= 11 is 0. The number of carbonyl (C=O) groups excluding carboxylic acids is 1. The van der Waals surface area contributed by atoms with E-state index in [0.29, 0.717) is 6.61 Å². The SMILES string of the molecule is CCOC(=O)CC1=NC(C)(C)Cc2cc3c(cc21)CCCC3. The Morgan fingerprint density at radius 2 is 1.86 bits per heavy atom. The number of hydrogen-bond donors (Lipinski definition) is 0. The molecule has 0 radical (unpaired) electrons. The molecule has 22 heavy (non-hydrogen) atoms. The molecule has 0 fully saturated rings. The lowest BCUT2D eigenvalue weighted by molar-refractivity contribution is -0.141. The van der Waals surface area contributed by atoms with Crippen LogP contribution < -0.4 is 0 Å². The zero-order valence-electron chi connectivity index (χ0n) is 13.9. The van der Waals surface area contributed by atoms with Crippen molar-refractivity contribution in [2.45, 2.75) is 64.8 Å². The van der Waals surface area contributed by atoms with E-state index in [0.717, 1.165) is 18.6 Å². The Hall–Kier alpha value is -1.64. The molecular formula is C19H25NO2. The van der Waals surface area contributed by atoms with Gasteiger partial charge in [0.2, 0.25) is 0 Å². The summed E-state index contributed by atoms with van der Waals surface area (Å²) in [5.41, 5.74) is 6.23. The fourth-order valence-corrected chi connectivity index (χ4v) is 3.67. The van der Waals surface area contributed by atoms with E-state index in [-0.39, 0.29) is 17.9 Å². The lowest BCUT2D eigenvalue weighted by atomic mass is 9.81. The monoisotopic (exact) mass is 299 g/mol. The lowest BCUT2D eigenvalue weighted by Crippen LogP contribution is -2.30. The Labute approximate surface area is 132 Å². The van der Waals surface area contributed by atoms with Crippen LogP contribution in [0.5, 0.6) is 0 Å². The highest BCUT2D eigenvalue weighted by Crippen LogP contribution is 2.32. The minimum Gasteiger partial charge on any atom is -0.466 e. The van der Waals surface area contributed by atoms with Crippen molar-refractivity contribution in [1.29, 1.82) is 0 Å². The third kappa shape index (κ3) is 3.08. The van der Waals surface area contributed by atoms with E-state index >= 15 is 0 Å². The second-order valence-electron chi connectivity index (χ2n) is 7.01. The topological polar surface area (TPSA) is 38.7 Å². The summed E-state index contributed by atoms with van der Waals surface area (Å²) in [6.45, 7) is 6.54. The van der Waals surface area contributed by atoms with Crippen LogP contribution in [0.1, 0.15) is 62.3 Å². The highest BCUT2D eigenvalue weighted by Gasteiger charge is 2.29. The van der Waals surface area contributed by atoms with Crippen LogP contribution in [0.25, 0.3) is 0 Å². The Morgan fingerprint density at radius 1 is 1.18 bits per heavy atom. The van der Waals surface area contributed by atoms with Gasteiger partial charge in [-0.15, -0.1) is 0 Å². The van der Waals surface area contributed by atoms with Gasteiger partial charge in [-0.2, -0.15) is 0 Å². The quantitative estimate of drug-likeness (QED) is 0.799.